The molecular weight excluding hydrogens is 289 g/mol. The Labute approximate surface area is 119 Å². The van der Waals surface area contributed by atoms with Gasteiger partial charge in [0.15, 0.2) is 0 Å². The van der Waals surface area contributed by atoms with Crippen LogP contribution in [-0.4, -0.2) is 29.6 Å². The van der Waals surface area contributed by atoms with Crippen molar-refractivity contribution in [3.8, 4) is 5.75 Å². The summed E-state index contributed by atoms with van der Waals surface area (Å²) < 4.78 is 45.6. The van der Waals surface area contributed by atoms with Crippen molar-refractivity contribution in [2.45, 2.75) is 30.8 Å². The fourth-order valence-corrected chi connectivity index (χ4v) is 2.00. The van der Waals surface area contributed by atoms with Gasteiger partial charge in [-0.25, -0.2) is 4.39 Å². The summed E-state index contributed by atoms with van der Waals surface area (Å²) in [6.45, 7) is 0. The largest absolute Gasteiger partial charge is 0.497 e. The Hall–Kier alpha value is -1.96. The Kier molecular flexibility index (Phi) is 3.99. The average Bonchev–Trinajstić information content (AvgIpc) is 2.41. The van der Waals surface area contributed by atoms with Gasteiger partial charge in [-0.1, -0.05) is 0 Å². The van der Waals surface area contributed by atoms with Crippen LogP contribution in [0.2, 0.25) is 0 Å². The van der Waals surface area contributed by atoms with Crippen LogP contribution < -0.4 is 15.6 Å². The van der Waals surface area contributed by atoms with Gasteiger partial charge in [-0.3, -0.25) is 15.6 Å². The molecule has 3 N–H and O–H groups in total. The monoisotopic (exact) mass is 304 g/mol. The molecule has 1 aliphatic rings. The third-order valence-corrected chi connectivity index (χ3v) is 3.48. The van der Waals surface area contributed by atoms with Gasteiger partial charge in [0.25, 0.3) is 0 Å². The van der Waals surface area contributed by atoms with E-state index >= 15 is 0 Å². The van der Waals surface area contributed by atoms with E-state index in [-0.39, 0.29) is 24.3 Å². The number of rotatable bonds is 5. The number of aliphatic hydroxyl groups is 1. The number of alkyl halides is 2. The number of carbonyl (C=O) groups excluding carboxylic acids is 1. The standard InChI is InChI=1S/C13H15F3N2O3/c1-21-10-6-8(14)5-9(7-10)17-18-11(19)13(15,16)12(20)3-2-4-12/h5-7,17,20H,2-4H2,1H3,(H,18,19). The maximum absolute atomic E-state index is 13.8. The molecule has 2 rings (SSSR count). The summed E-state index contributed by atoms with van der Waals surface area (Å²) in [7, 11) is 1.32. The number of carbonyl (C=O) groups is 1. The maximum atomic E-state index is 13.8. The number of benzene rings is 1. The Morgan fingerprint density at radius 2 is 2.05 bits per heavy atom. The number of amides is 1. The van der Waals surface area contributed by atoms with Gasteiger partial charge in [0, 0.05) is 12.1 Å². The molecule has 1 aromatic rings. The van der Waals surface area contributed by atoms with Crippen LogP contribution in [0.5, 0.6) is 5.75 Å². The van der Waals surface area contributed by atoms with E-state index in [4.69, 9.17) is 4.74 Å². The molecule has 5 nitrogen and oxygen atoms in total. The molecule has 1 amide bonds. The van der Waals surface area contributed by atoms with Crippen LogP contribution in [0, 0.1) is 5.82 Å². The minimum atomic E-state index is -3.92. The lowest BCUT2D eigenvalue weighted by Gasteiger charge is -2.41. The SMILES string of the molecule is COc1cc(F)cc(NNC(=O)C(F)(F)C2(O)CCC2)c1. The third kappa shape index (κ3) is 2.90. The predicted octanol–water partition coefficient (Wildman–Crippen LogP) is 1.83. The van der Waals surface area contributed by atoms with E-state index in [9.17, 15) is 23.1 Å². The van der Waals surface area contributed by atoms with Crippen molar-refractivity contribution in [3.05, 3.63) is 24.0 Å². The fourth-order valence-electron chi connectivity index (χ4n) is 2.00. The highest BCUT2D eigenvalue weighted by Crippen LogP contribution is 2.44. The first-order valence-corrected chi connectivity index (χ1v) is 6.30. The third-order valence-electron chi connectivity index (χ3n) is 3.48. The summed E-state index contributed by atoms with van der Waals surface area (Å²) in [4.78, 5) is 11.5. The lowest BCUT2D eigenvalue weighted by atomic mass is 9.75. The van der Waals surface area contributed by atoms with Crippen LogP contribution in [0.3, 0.4) is 0 Å². The van der Waals surface area contributed by atoms with Gasteiger partial charge < -0.3 is 9.84 Å². The molecule has 116 valence electrons. The molecule has 21 heavy (non-hydrogen) atoms. The molecule has 0 atom stereocenters. The van der Waals surface area contributed by atoms with E-state index in [1.807, 2.05) is 0 Å². The molecule has 1 saturated carbocycles. The van der Waals surface area contributed by atoms with Crippen molar-refractivity contribution in [2.24, 2.45) is 0 Å². The summed E-state index contributed by atoms with van der Waals surface area (Å²) in [5, 5.41) is 9.61. The highest BCUT2D eigenvalue weighted by Gasteiger charge is 2.61. The number of hydrazine groups is 1. The zero-order valence-corrected chi connectivity index (χ0v) is 11.3. The number of ether oxygens (including phenoxy) is 1. The maximum Gasteiger partial charge on any atom is 0.354 e. The number of hydrogen-bond acceptors (Lipinski definition) is 4. The molecule has 0 heterocycles. The summed E-state index contributed by atoms with van der Waals surface area (Å²) in [5.74, 6) is -6.09. The number of halogens is 3. The molecule has 8 heteroatoms. The van der Waals surface area contributed by atoms with Crippen molar-refractivity contribution >= 4 is 11.6 Å². The molecule has 0 bridgehead atoms. The van der Waals surface area contributed by atoms with Crippen LogP contribution >= 0.6 is 0 Å². The second-order valence-electron chi connectivity index (χ2n) is 4.92. The van der Waals surface area contributed by atoms with Crippen molar-refractivity contribution in [1.82, 2.24) is 5.43 Å². The second kappa shape index (κ2) is 5.44. The van der Waals surface area contributed by atoms with Crippen LogP contribution in [0.25, 0.3) is 0 Å². The fraction of sp³-hybridized carbons (Fsp3) is 0.462. The van der Waals surface area contributed by atoms with Crippen molar-refractivity contribution < 1.29 is 27.8 Å². The second-order valence-corrected chi connectivity index (χ2v) is 4.92. The van der Waals surface area contributed by atoms with Gasteiger partial charge in [0.05, 0.1) is 12.8 Å². The Balaban J connectivity index is 2.02. The Morgan fingerprint density at radius 3 is 2.57 bits per heavy atom. The minimum absolute atomic E-state index is 0.0385. The zero-order valence-electron chi connectivity index (χ0n) is 11.3. The van der Waals surface area contributed by atoms with Gasteiger partial charge in [0.2, 0.25) is 0 Å². The topological polar surface area (TPSA) is 70.6 Å². The van der Waals surface area contributed by atoms with Crippen LogP contribution in [-0.2, 0) is 4.79 Å². The highest BCUT2D eigenvalue weighted by molar-refractivity contribution is 5.86. The summed E-state index contributed by atoms with van der Waals surface area (Å²) >= 11 is 0. The van der Waals surface area contributed by atoms with E-state index in [1.54, 1.807) is 5.43 Å². The van der Waals surface area contributed by atoms with E-state index in [0.29, 0.717) is 6.42 Å². The number of anilines is 1. The van der Waals surface area contributed by atoms with E-state index in [1.165, 1.54) is 13.2 Å². The minimum Gasteiger partial charge on any atom is -0.497 e. The molecule has 0 spiro atoms. The van der Waals surface area contributed by atoms with E-state index in [2.05, 4.69) is 5.43 Å². The molecule has 0 radical (unpaired) electrons. The van der Waals surface area contributed by atoms with Crippen molar-refractivity contribution in [1.29, 1.82) is 0 Å². The Bertz CT molecular complexity index is 547. The quantitative estimate of drug-likeness (QED) is 0.726. The van der Waals surface area contributed by atoms with Crippen LogP contribution in [0.15, 0.2) is 18.2 Å². The molecule has 1 aromatic carbocycles. The summed E-state index contributed by atoms with van der Waals surface area (Å²) in [6, 6.07) is 3.41. The van der Waals surface area contributed by atoms with E-state index < -0.39 is 23.2 Å². The molecule has 1 fully saturated rings. The molecule has 0 aliphatic heterocycles. The van der Waals surface area contributed by atoms with Gasteiger partial charge in [0.1, 0.15) is 17.2 Å². The zero-order chi connectivity index (χ0) is 15.7. The predicted molar refractivity (Wildman–Crippen MR) is 68.5 cm³/mol. The number of methoxy groups -OCH3 is 1. The average molecular weight is 304 g/mol. The van der Waals surface area contributed by atoms with Gasteiger partial charge in [-0.2, -0.15) is 8.78 Å². The molecule has 0 unspecified atom stereocenters. The lowest BCUT2D eigenvalue weighted by Crippen LogP contribution is -2.61. The summed E-state index contributed by atoms with van der Waals surface area (Å²) in [5.41, 5.74) is 1.68. The normalized spacial score (nSPS) is 16.8. The number of hydrogen-bond donors (Lipinski definition) is 3. The first-order chi connectivity index (χ1) is 9.78. The van der Waals surface area contributed by atoms with Crippen molar-refractivity contribution in [2.75, 3.05) is 12.5 Å². The lowest BCUT2D eigenvalue weighted by molar-refractivity contribution is -0.215. The first kappa shape index (κ1) is 15.4. The van der Waals surface area contributed by atoms with Crippen LogP contribution in [0.1, 0.15) is 19.3 Å². The first-order valence-electron chi connectivity index (χ1n) is 6.30. The van der Waals surface area contributed by atoms with Gasteiger partial charge in [-0.15, -0.1) is 0 Å². The highest BCUT2D eigenvalue weighted by atomic mass is 19.3. The molecule has 1 aliphatic carbocycles. The van der Waals surface area contributed by atoms with Gasteiger partial charge >= 0.3 is 11.8 Å². The van der Waals surface area contributed by atoms with Crippen LogP contribution in [0.4, 0.5) is 18.9 Å². The molecular formula is C13H15F3N2O3. The van der Waals surface area contributed by atoms with Gasteiger partial charge in [-0.05, 0) is 25.3 Å². The smallest absolute Gasteiger partial charge is 0.354 e. The number of nitrogens with one attached hydrogen (secondary N) is 2. The summed E-state index contributed by atoms with van der Waals surface area (Å²) in [6.07, 6.45) is 0.163. The molecule has 0 saturated heterocycles. The Morgan fingerprint density at radius 1 is 1.38 bits per heavy atom. The van der Waals surface area contributed by atoms with Crippen molar-refractivity contribution in [3.63, 3.8) is 0 Å². The molecule has 0 aromatic heterocycles. The van der Waals surface area contributed by atoms with E-state index in [0.717, 1.165) is 12.1 Å².